The number of hydrogen-bond donors (Lipinski definition) is 0. The third-order valence-corrected chi connectivity index (χ3v) is 4.57. The van der Waals surface area contributed by atoms with Crippen LogP contribution in [0.25, 0.3) is 0 Å². The summed E-state index contributed by atoms with van der Waals surface area (Å²) < 4.78 is 84.2. The molecule has 0 N–H and O–H groups in total. The molecule has 1 aromatic heterocycles. The fourth-order valence-corrected chi connectivity index (χ4v) is 3.12. The summed E-state index contributed by atoms with van der Waals surface area (Å²) in [6.07, 6.45) is -8.30. The van der Waals surface area contributed by atoms with Gasteiger partial charge in [-0.05, 0) is 18.2 Å². The number of fused-ring (bicyclic) bond motifs is 1. The first kappa shape index (κ1) is 21.1. The minimum Gasteiger partial charge on any atom is -0.475 e. The van der Waals surface area contributed by atoms with Gasteiger partial charge in [-0.15, -0.1) is 8.78 Å². The molecule has 4 rings (SSSR count). The number of pyridine rings is 1. The highest BCUT2D eigenvalue weighted by Crippen LogP contribution is 2.43. The number of halogens is 5. The summed E-state index contributed by atoms with van der Waals surface area (Å²) in [5.74, 6) is -1.17. The maximum atomic E-state index is 13.4. The van der Waals surface area contributed by atoms with Gasteiger partial charge in [0.1, 0.15) is 12.7 Å². The van der Waals surface area contributed by atoms with Gasteiger partial charge in [-0.1, -0.05) is 6.07 Å². The lowest BCUT2D eigenvalue weighted by atomic mass is 10.1. The lowest BCUT2D eigenvalue weighted by Crippen LogP contribution is -2.47. The van der Waals surface area contributed by atoms with Crippen molar-refractivity contribution >= 4 is 5.91 Å². The summed E-state index contributed by atoms with van der Waals surface area (Å²) in [6, 6.07) is 5.93. The van der Waals surface area contributed by atoms with Crippen LogP contribution in [0.5, 0.6) is 17.4 Å². The minimum absolute atomic E-state index is 0.0336. The monoisotopic (exact) mass is 446 g/mol. The molecule has 2 aliphatic heterocycles. The number of aromatic nitrogens is 1. The van der Waals surface area contributed by atoms with Gasteiger partial charge in [-0.25, -0.2) is 4.98 Å². The van der Waals surface area contributed by atoms with Crippen LogP contribution in [0.15, 0.2) is 36.5 Å². The van der Waals surface area contributed by atoms with Crippen LogP contribution in [0.2, 0.25) is 0 Å². The van der Waals surface area contributed by atoms with E-state index in [4.69, 9.17) is 9.47 Å². The fourth-order valence-electron chi connectivity index (χ4n) is 3.12. The van der Waals surface area contributed by atoms with E-state index in [0.717, 1.165) is 12.1 Å². The predicted molar refractivity (Wildman–Crippen MR) is 93.0 cm³/mol. The number of carbonyl (C=O) groups excluding carboxylic acids is 1. The number of alkyl halides is 5. The Morgan fingerprint density at radius 2 is 2.03 bits per heavy atom. The topological polar surface area (TPSA) is 70.1 Å². The highest BCUT2D eigenvalue weighted by molar-refractivity contribution is 5.98. The molecule has 7 nitrogen and oxygen atoms in total. The van der Waals surface area contributed by atoms with Crippen molar-refractivity contribution in [3.8, 4) is 17.4 Å². The Balaban J connectivity index is 1.38. The van der Waals surface area contributed by atoms with E-state index in [2.05, 4.69) is 14.5 Å². The quantitative estimate of drug-likeness (QED) is 0.672. The standard InChI is InChI=1S/C19H15F5N2O5/c20-18(21,22)11-4-5-15(25-8-11)29-10-12-9-26(6-7-28-12)17(27)13-2-1-3-14-16(13)31-19(23,24)30-14/h1-5,8,12H,6-7,9-10H2. The van der Waals surface area contributed by atoms with Crippen LogP contribution in [0, 0.1) is 0 Å². The molecular weight excluding hydrogens is 431 g/mol. The molecule has 1 atom stereocenters. The Hall–Kier alpha value is -3.15. The van der Waals surface area contributed by atoms with E-state index >= 15 is 0 Å². The number of amides is 1. The van der Waals surface area contributed by atoms with Crippen LogP contribution >= 0.6 is 0 Å². The van der Waals surface area contributed by atoms with Gasteiger partial charge in [0.15, 0.2) is 11.5 Å². The van der Waals surface area contributed by atoms with Gasteiger partial charge >= 0.3 is 12.5 Å². The maximum absolute atomic E-state index is 13.4. The molecule has 1 fully saturated rings. The van der Waals surface area contributed by atoms with Gasteiger partial charge in [-0.3, -0.25) is 4.79 Å². The molecule has 31 heavy (non-hydrogen) atoms. The number of para-hydroxylation sites is 1. The van der Waals surface area contributed by atoms with Crippen LogP contribution in [0.4, 0.5) is 22.0 Å². The molecule has 1 saturated heterocycles. The van der Waals surface area contributed by atoms with Gasteiger partial charge in [0.2, 0.25) is 5.88 Å². The predicted octanol–water partition coefficient (Wildman–Crippen LogP) is 3.34. The summed E-state index contributed by atoms with van der Waals surface area (Å²) in [7, 11) is 0. The van der Waals surface area contributed by atoms with Crippen LogP contribution in [0.1, 0.15) is 15.9 Å². The van der Waals surface area contributed by atoms with Crippen LogP contribution in [-0.4, -0.2) is 54.5 Å². The SMILES string of the molecule is O=C(c1cccc2c1OC(F)(F)O2)N1CCOC(COc2ccc(C(F)(F)F)cn2)C1. The van der Waals surface area contributed by atoms with Crippen LogP contribution < -0.4 is 14.2 Å². The van der Waals surface area contributed by atoms with E-state index in [-0.39, 0.29) is 49.2 Å². The Bertz CT molecular complexity index is 967. The molecule has 166 valence electrons. The van der Waals surface area contributed by atoms with Gasteiger partial charge in [0, 0.05) is 18.8 Å². The smallest absolute Gasteiger partial charge is 0.475 e. The number of ether oxygens (including phenoxy) is 4. The van der Waals surface area contributed by atoms with E-state index in [1.54, 1.807) is 0 Å². The van der Waals surface area contributed by atoms with Crippen molar-refractivity contribution < 1.29 is 45.7 Å². The molecule has 3 heterocycles. The maximum Gasteiger partial charge on any atom is 0.586 e. The molecule has 2 aromatic rings. The molecule has 1 unspecified atom stereocenters. The molecule has 1 aromatic carbocycles. The number of morpholine rings is 1. The van der Waals surface area contributed by atoms with Crippen molar-refractivity contribution in [1.29, 1.82) is 0 Å². The van der Waals surface area contributed by atoms with Gasteiger partial charge in [0.25, 0.3) is 5.91 Å². The van der Waals surface area contributed by atoms with Crippen molar-refractivity contribution in [3.05, 3.63) is 47.7 Å². The summed E-state index contributed by atoms with van der Waals surface area (Å²) in [5, 5.41) is 0. The number of hydrogen-bond acceptors (Lipinski definition) is 6. The normalized spacial score (nSPS) is 19.9. The second-order valence-electron chi connectivity index (χ2n) is 6.74. The van der Waals surface area contributed by atoms with Gasteiger partial charge in [-0.2, -0.15) is 13.2 Å². The fraction of sp³-hybridized carbons (Fsp3) is 0.368. The number of nitrogens with zero attached hydrogens (tertiary/aromatic N) is 2. The van der Waals surface area contributed by atoms with Crippen molar-refractivity contribution in [2.45, 2.75) is 18.6 Å². The first-order valence-corrected chi connectivity index (χ1v) is 9.08. The molecule has 0 saturated carbocycles. The lowest BCUT2D eigenvalue weighted by Gasteiger charge is -2.33. The van der Waals surface area contributed by atoms with E-state index in [0.29, 0.717) is 6.20 Å². The lowest BCUT2D eigenvalue weighted by molar-refractivity contribution is -0.286. The van der Waals surface area contributed by atoms with Crippen molar-refractivity contribution in [1.82, 2.24) is 9.88 Å². The zero-order valence-corrected chi connectivity index (χ0v) is 15.7. The Labute approximate surface area is 172 Å². The van der Waals surface area contributed by atoms with E-state index < -0.39 is 30.0 Å². The number of rotatable bonds is 4. The Kier molecular flexibility index (Phi) is 5.33. The van der Waals surface area contributed by atoms with Crippen molar-refractivity contribution in [2.75, 3.05) is 26.3 Å². The molecule has 12 heteroatoms. The van der Waals surface area contributed by atoms with Crippen molar-refractivity contribution in [3.63, 3.8) is 0 Å². The van der Waals surface area contributed by atoms with E-state index in [1.165, 1.54) is 23.1 Å². The van der Waals surface area contributed by atoms with E-state index in [9.17, 15) is 26.7 Å². The molecule has 0 bridgehead atoms. The molecule has 1 amide bonds. The minimum atomic E-state index is -4.50. The van der Waals surface area contributed by atoms with E-state index in [1.807, 2.05) is 0 Å². The molecule has 2 aliphatic rings. The third kappa shape index (κ3) is 4.63. The zero-order chi connectivity index (χ0) is 22.2. The van der Waals surface area contributed by atoms with Gasteiger partial charge in [0.05, 0.1) is 24.3 Å². The molecule has 0 radical (unpaired) electrons. The largest absolute Gasteiger partial charge is 0.586 e. The molecule has 0 spiro atoms. The average Bonchev–Trinajstić information content (AvgIpc) is 3.05. The third-order valence-electron chi connectivity index (χ3n) is 4.57. The van der Waals surface area contributed by atoms with Crippen LogP contribution in [-0.2, 0) is 10.9 Å². The molecule has 0 aliphatic carbocycles. The zero-order valence-electron chi connectivity index (χ0n) is 15.7. The second kappa shape index (κ2) is 7.84. The summed E-state index contributed by atoms with van der Waals surface area (Å²) in [4.78, 5) is 17.8. The average molecular weight is 446 g/mol. The van der Waals surface area contributed by atoms with Gasteiger partial charge < -0.3 is 23.8 Å². The summed E-state index contributed by atoms with van der Waals surface area (Å²) in [5.41, 5.74) is -0.988. The highest BCUT2D eigenvalue weighted by Gasteiger charge is 2.45. The Morgan fingerprint density at radius 3 is 2.74 bits per heavy atom. The van der Waals surface area contributed by atoms with Crippen molar-refractivity contribution in [2.24, 2.45) is 0 Å². The number of carbonyl (C=O) groups is 1. The molecular formula is C19H15F5N2O5. The van der Waals surface area contributed by atoms with Crippen LogP contribution in [0.3, 0.4) is 0 Å². The summed E-state index contributed by atoms with van der Waals surface area (Å²) in [6.45, 7) is 0.352. The second-order valence-corrected chi connectivity index (χ2v) is 6.74. The Morgan fingerprint density at radius 1 is 1.23 bits per heavy atom. The first-order chi connectivity index (χ1) is 14.6. The summed E-state index contributed by atoms with van der Waals surface area (Å²) >= 11 is 0. The highest BCUT2D eigenvalue weighted by atomic mass is 19.4. The first-order valence-electron chi connectivity index (χ1n) is 9.08. The number of benzene rings is 1.